The summed E-state index contributed by atoms with van der Waals surface area (Å²) < 4.78 is 0. The first-order chi connectivity index (χ1) is 7.91. The molecule has 98 valence electrons. The van der Waals surface area contributed by atoms with Crippen LogP contribution in [0.3, 0.4) is 0 Å². The molecule has 1 saturated carbocycles. The van der Waals surface area contributed by atoms with Crippen molar-refractivity contribution in [2.45, 2.75) is 45.2 Å². The van der Waals surface area contributed by atoms with E-state index in [4.69, 9.17) is 5.11 Å². The minimum atomic E-state index is -0.805. The number of aliphatic carboxylic acids is 1. The second-order valence-electron chi connectivity index (χ2n) is 4.94. The summed E-state index contributed by atoms with van der Waals surface area (Å²) in [7, 11) is 1.79. The molecule has 1 aliphatic rings. The van der Waals surface area contributed by atoms with Crippen LogP contribution in [0.1, 0.15) is 33.1 Å². The van der Waals surface area contributed by atoms with Gasteiger partial charge in [0.2, 0.25) is 5.91 Å². The van der Waals surface area contributed by atoms with Gasteiger partial charge in [-0.2, -0.15) is 0 Å². The van der Waals surface area contributed by atoms with Crippen molar-refractivity contribution in [1.29, 1.82) is 0 Å². The quantitative estimate of drug-likeness (QED) is 0.717. The fourth-order valence-corrected chi connectivity index (χ4v) is 1.64. The second kappa shape index (κ2) is 6.00. The maximum absolute atomic E-state index is 11.9. The highest BCUT2D eigenvalue weighted by Gasteiger charge is 2.31. The summed E-state index contributed by atoms with van der Waals surface area (Å²) >= 11 is 0. The van der Waals surface area contributed by atoms with E-state index in [1.165, 1.54) is 0 Å². The Morgan fingerprint density at radius 2 is 1.94 bits per heavy atom. The van der Waals surface area contributed by atoms with Gasteiger partial charge in [0, 0.05) is 25.7 Å². The molecule has 0 aromatic heterocycles. The average Bonchev–Trinajstić information content (AvgIpc) is 3.05. The zero-order valence-corrected chi connectivity index (χ0v) is 10.8. The third-order valence-electron chi connectivity index (χ3n) is 3.18. The van der Waals surface area contributed by atoms with Crippen molar-refractivity contribution in [3.63, 3.8) is 0 Å². The first kappa shape index (κ1) is 14.0. The molecular weight excluding hydrogens is 220 g/mol. The second-order valence-corrected chi connectivity index (χ2v) is 4.94. The molecule has 5 heteroatoms. The molecule has 1 fully saturated rings. The largest absolute Gasteiger partial charge is 0.481 e. The van der Waals surface area contributed by atoms with Crippen LogP contribution in [-0.4, -0.2) is 59.0 Å². The Balaban J connectivity index is 2.43. The molecule has 5 nitrogen and oxygen atoms in total. The summed E-state index contributed by atoms with van der Waals surface area (Å²) in [6.45, 7) is 4.75. The van der Waals surface area contributed by atoms with Crippen molar-refractivity contribution in [3.05, 3.63) is 0 Å². The molecule has 1 amide bonds. The van der Waals surface area contributed by atoms with Crippen molar-refractivity contribution >= 4 is 11.9 Å². The van der Waals surface area contributed by atoms with Crippen LogP contribution in [0.25, 0.3) is 0 Å². The minimum absolute atomic E-state index is 0.0669. The van der Waals surface area contributed by atoms with Crippen LogP contribution in [-0.2, 0) is 9.59 Å². The molecule has 0 heterocycles. The highest BCUT2D eigenvalue weighted by Crippen LogP contribution is 2.26. The SMILES string of the molecule is CC(C)N(C)C(=O)CN(CCC(=O)O)C1CC1. The number of carboxylic acid groups (broad SMARTS) is 1. The molecule has 0 saturated heterocycles. The third kappa shape index (κ3) is 4.73. The molecule has 0 aromatic carbocycles. The molecule has 0 bridgehead atoms. The van der Waals surface area contributed by atoms with Crippen LogP contribution in [0.4, 0.5) is 0 Å². The van der Waals surface area contributed by atoms with E-state index >= 15 is 0 Å². The molecule has 0 atom stereocenters. The van der Waals surface area contributed by atoms with Crippen molar-refractivity contribution in [2.24, 2.45) is 0 Å². The maximum Gasteiger partial charge on any atom is 0.304 e. The highest BCUT2D eigenvalue weighted by molar-refractivity contribution is 5.78. The Morgan fingerprint density at radius 3 is 2.35 bits per heavy atom. The molecule has 1 N–H and O–H groups in total. The summed E-state index contributed by atoms with van der Waals surface area (Å²) in [5.74, 6) is -0.738. The zero-order chi connectivity index (χ0) is 13.0. The Bertz CT molecular complexity index is 287. The smallest absolute Gasteiger partial charge is 0.304 e. The number of carbonyl (C=O) groups excluding carboxylic acids is 1. The van der Waals surface area contributed by atoms with Crippen molar-refractivity contribution in [3.8, 4) is 0 Å². The zero-order valence-electron chi connectivity index (χ0n) is 10.8. The van der Waals surface area contributed by atoms with Gasteiger partial charge in [0.25, 0.3) is 0 Å². The van der Waals surface area contributed by atoms with Crippen molar-refractivity contribution in [1.82, 2.24) is 9.80 Å². The standard InChI is InChI=1S/C12H22N2O3/c1-9(2)13(3)11(15)8-14(10-4-5-10)7-6-12(16)17/h9-10H,4-8H2,1-3H3,(H,16,17). The molecular formula is C12H22N2O3. The van der Waals surface area contributed by atoms with Gasteiger partial charge in [-0.05, 0) is 26.7 Å². The lowest BCUT2D eigenvalue weighted by molar-refractivity contribution is -0.138. The molecule has 1 rings (SSSR count). The molecule has 0 radical (unpaired) electrons. The van der Waals surface area contributed by atoms with Gasteiger partial charge >= 0.3 is 5.97 Å². The molecule has 0 unspecified atom stereocenters. The van der Waals surface area contributed by atoms with E-state index in [0.29, 0.717) is 19.1 Å². The van der Waals surface area contributed by atoms with Crippen LogP contribution in [0, 0.1) is 0 Å². The Hall–Kier alpha value is -1.10. The first-order valence-electron chi connectivity index (χ1n) is 6.13. The Kier molecular flexibility index (Phi) is 4.93. The lowest BCUT2D eigenvalue weighted by atomic mass is 10.3. The van der Waals surface area contributed by atoms with Gasteiger partial charge in [0.1, 0.15) is 0 Å². The monoisotopic (exact) mass is 242 g/mol. The molecule has 0 spiro atoms. The van der Waals surface area contributed by atoms with E-state index in [2.05, 4.69) is 0 Å². The van der Waals surface area contributed by atoms with E-state index in [9.17, 15) is 9.59 Å². The normalized spacial score (nSPS) is 15.4. The minimum Gasteiger partial charge on any atom is -0.481 e. The van der Waals surface area contributed by atoms with Gasteiger partial charge < -0.3 is 10.0 Å². The number of likely N-dealkylation sites (N-methyl/N-ethyl adjacent to an activating group) is 1. The number of rotatable bonds is 7. The summed E-state index contributed by atoms with van der Waals surface area (Å²) in [6, 6.07) is 0.599. The van der Waals surface area contributed by atoms with Gasteiger partial charge in [-0.1, -0.05) is 0 Å². The van der Waals surface area contributed by atoms with Crippen LogP contribution < -0.4 is 0 Å². The molecule has 1 aliphatic carbocycles. The Labute approximate surface area is 102 Å². The topological polar surface area (TPSA) is 60.9 Å². The van der Waals surface area contributed by atoms with Gasteiger partial charge in [-0.3, -0.25) is 14.5 Å². The number of carbonyl (C=O) groups is 2. The number of nitrogens with zero attached hydrogens (tertiary/aromatic N) is 2. The van der Waals surface area contributed by atoms with Crippen molar-refractivity contribution in [2.75, 3.05) is 20.1 Å². The lowest BCUT2D eigenvalue weighted by Gasteiger charge is -2.26. The van der Waals surface area contributed by atoms with Gasteiger partial charge in [-0.15, -0.1) is 0 Å². The maximum atomic E-state index is 11.9. The van der Waals surface area contributed by atoms with E-state index in [-0.39, 0.29) is 18.4 Å². The van der Waals surface area contributed by atoms with Gasteiger partial charge in [0.15, 0.2) is 0 Å². The van der Waals surface area contributed by atoms with Crippen LogP contribution in [0.15, 0.2) is 0 Å². The number of hydrogen-bond acceptors (Lipinski definition) is 3. The Morgan fingerprint density at radius 1 is 1.35 bits per heavy atom. The van der Waals surface area contributed by atoms with E-state index < -0.39 is 5.97 Å². The molecule has 17 heavy (non-hydrogen) atoms. The molecule has 0 aromatic rings. The van der Waals surface area contributed by atoms with E-state index in [1.54, 1.807) is 11.9 Å². The van der Waals surface area contributed by atoms with E-state index in [1.807, 2.05) is 18.7 Å². The average molecular weight is 242 g/mol. The summed E-state index contributed by atoms with van der Waals surface area (Å²) in [5, 5.41) is 8.67. The highest BCUT2D eigenvalue weighted by atomic mass is 16.4. The number of carboxylic acids is 1. The number of amides is 1. The van der Waals surface area contributed by atoms with Crippen LogP contribution >= 0.6 is 0 Å². The number of hydrogen-bond donors (Lipinski definition) is 1. The third-order valence-corrected chi connectivity index (χ3v) is 3.18. The first-order valence-corrected chi connectivity index (χ1v) is 6.13. The van der Waals surface area contributed by atoms with Crippen molar-refractivity contribution < 1.29 is 14.7 Å². The van der Waals surface area contributed by atoms with Gasteiger partial charge in [0.05, 0.1) is 13.0 Å². The fraction of sp³-hybridized carbons (Fsp3) is 0.833. The fourth-order valence-electron chi connectivity index (χ4n) is 1.64. The predicted octanol–water partition coefficient (Wildman–Crippen LogP) is 0.792. The van der Waals surface area contributed by atoms with Gasteiger partial charge in [-0.25, -0.2) is 0 Å². The summed E-state index contributed by atoms with van der Waals surface area (Å²) in [4.78, 5) is 26.2. The summed E-state index contributed by atoms with van der Waals surface area (Å²) in [5.41, 5.74) is 0. The lowest BCUT2D eigenvalue weighted by Crippen LogP contribution is -2.42. The predicted molar refractivity (Wildman–Crippen MR) is 64.8 cm³/mol. The van der Waals surface area contributed by atoms with Crippen LogP contribution in [0.5, 0.6) is 0 Å². The molecule has 0 aliphatic heterocycles. The summed E-state index contributed by atoms with van der Waals surface area (Å²) in [6.07, 6.45) is 2.27. The van der Waals surface area contributed by atoms with E-state index in [0.717, 1.165) is 12.8 Å². The van der Waals surface area contributed by atoms with Crippen LogP contribution in [0.2, 0.25) is 0 Å².